The first-order valence-corrected chi connectivity index (χ1v) is 9.00. The fraction of sp³-hybridized carbons (Fsp3) is 0.364. The summed E-state index contributed by atoms with van der Waals surface area (Å²) in [5.41, 5.74) is 2.61. The Labute approximate surface area is 149 Å². The zero-order valence-electron chi connectivity index (χ0n) is 14.6. The Hall–Kier alpha value is -2.60. The number of carbonyl (C=O) groups excluding carboxylic acids is 1. The Morgan fingerprint density at radius 2 is 1.68 bits per heavy atom. The smallest absolute Gasteiger partial charge is 0.343 e. The maximum absolute atomic E-state index is 12.2. The molecule has 0 unspecified atom stereocenters. The van der Waals surface area contributed by atoms with Crippen LogP contribution in [0.2, 0.25) is 0 Å². The van der Waals surface area contributed by atoms with Crippen molar-refractivity contribution in [3.8, 4) is 11.8 Å². The van der Waals surface area contributed by atoms with Gasteiger partial charge in [-0.05, 0) is 66.6 Å². The molecule has 0 bridgehead atoms. The Bertz CT molecular complexity index is 763. The number of benzene rings is 2. The quantitative estimate of drug-likeness (QED) is 0.557. The van der Waals surface area contributed by atoms with Crippen molar-refractivity contribution >= 4 is 5.97 Å². The van der Waals surface area contributed by atoms with Crippen LogP contribution in [0.4, 0.5) is 0 Å². The molecule has 1 aliphatic carbocycles. The second-order valence-corrected chi connectivity index (χ2v) is 6.80. The summed E-state index contributed by atoms with van der Waals surface area (Å²) in [5, 5.41) is 8.81. The van der Waals surface area contributed by atoms with E-state index >= 15 is 0 Å². The van der Waals surface area contributed by atoms with Crippen molar-refractivity contribution in [1.29, 1.82) is 5.26 Å². The molecule has 1 fully saturated rings. The van der Waals surface area contributed by atoms with Crippen LogP contribution in [0.3, 0.4) is 0 Å². The van der Waals surface area contributed by atoms with E-state index in [-0.39, 0.29) is 5.41 Å². The van der Waals surface area contributed by atoms with Crippen LogP contribution in [-0.4, -0.2) is 5.97 Å². The topological polar surface area (TPSA) is 50.1 Å². The maximum Gasteiger partial charge on any atom is 0.343 e. The minimum atomic E-state index is -0.403. The molecular weight excluding hydrogens is 310 g/mol. The van der Waals surface area contributed by atoms with Crippen molar-refractivity contribution in [2.45, 2.75) is 50.9 Å². The molecule has 2 aromatic rings. The maximum atomic E-state index is 12.2. The number of esters is 1. The van der Waals surface area contributed by atoms with E-state index in [2.05, 4.69) is 19.1 Å². The zero-order valence-corrected chi connectivity index (χ0v) is 14.6. The van der Waals surface area contributed by atoms with Gasteiger partial charge in [0, 0.05) is 0 Å². The summed E-state index contributed by atoms with van der Waals surface area (Å²) in [5.74, 6) is 0.153. The second kappa shape index (κ2) is 7.53. The van der Waals surface area contributed by atoms with Crippen molar-refractivity contribution in [3.63, 3.8) is 0 Å². The van der Waals surface area contributed by atoms with Gasteiger partial charge in [-0.15, -0.1) is 0 Å². The highest BCUT2D eigenvalue weighted by atomic mass is 16.5. The molecule has 0 aliphatic heterocycles. The summed E-state index contributed by atoms with van der Waals surface area (Å²) in [4.78, 5) is 12.2. The minimum Gasteiger partial charge on any atom is -0.423 e. The second-order valence-electron chi connectivity index (χ2n) is 6.80. The van der Waals surface area contributed by atoms with Crippen LogP contribution < -0.4 is 4.74 Å². The summed E-state index contributed by atoms with van der Waals surface area (Å²) in [6.45, 7) is 2.27. The lowest BCUT2D eigenvalue weighted by Crippen LogP contribution is -2.28. The van der Waals surface area contributed by atoms with Gasteiger partial charge in [0.1, 0.15) is 5.75 Å². The Balaban J connectivity index is 1.71. The lowest BCUT2D eigenvalue weighted by molar-refractivity contribution is 0.0734. The monoisotopic (exact) mass is 333 g/mol. The first-order chi connectivity index (χ1) is 12.2. The van der Waals surface area contributed by atoms with Crippen molar-refractivity contribution in [2.24, 2.45) is 0 Å². The van der Waals surface area contributed by atoms with Gasteiger partial charge in [0.05, 0.1) is 17.2 Å². The first kappa shape index (κ1) is 17.2. The van der Waals surface area contributed by atoms with Crippen LogP contribution in [0.1, 0.15) is 66.9 Å². The summed E-state index contributed by atoms with van der Waals surface area (Å²) in [6, 6.07) is 16.5. The standard InChI is InChI=1S/C22H23NO2/c1-2-22(14-4-3-5-15-22)19-10-12-20(13-11-19)25-21(24)18-8-6-17(16-23)7-9-18/h6-13H,2-5,14-15H2,1H3. The predicted octanol–water partition coefficient (Wildman–Crippen LogP) is 5.39. The molecule has 0 amide bonds. The molecule has 0 atom stereocenters. The SMILES string of the molecule is CCC1(c2ccc(OC(=O)c3ccc(C#N)cc3)cc2)CCCCC1. The fourth-order valence-electron chi connectivity index (χ4n) is 3.80. The summed E-state index contributed by atoms with van der Waals surface area (Å²) >= 11 is 0. The van der Waals surface area contributed by atoms with Crippen LogP contribution in [0.15, 0.2) is 48.5 Å². The zero-order chi connectivity index (χ0) is 17.7. The third-order valence-electron chi connectivity index (χ3n) is 5.41. The number of rotatable bonds is 4. The third-order valence-corrected chi connectivity index (χ3v) is 5.41. The lowest BCUT2D eigenvalue weighted by Gasteiger charge is -2.37. The van der Waals surface area contributed by atoms with Crippen molar-refractivity contribution < 1.29 is 9.53 Å². The molecular formula is C22H23NO2. The highest BCUT2D eigenvalue weighted by Crippen LogP contribution is 2.42. The van der Waals surface area contributed by atoms with Crippen LogP contribution in [0.5, 0.6) is 5.75 Å². The normalized spacial score (nSPS) is 16.0. The highest BCUT2D eigenvalue weighted by molar-refractivity contribution is 5.91. The fourth-order valence-corrected chi connectivity index (χ4v) is 3.80. The average Bonchev–Trinajstić information content (AvgIpc) is 2.69. The molecule has 0 aromatic heterocycles. The number of ether oxygens (including phenoxy) is 1. The van der Waals surface area contributed by atoms with E-state index in [0.29, 0.717) is 16.9 Å². The lowest BCUT2D eigenvalue weighted by atomic mass is 9.68. The van der Waals surface area contributed by atoms with Gasteiger partial charge in [0.15, 0.2) is 0 Å². The van der Waals surface area contributed by atoms with Gasteiger partial charge in [-0.2, -0.15) is 5.26 Å². The van der Waals surface area contributed by atoms with E-state index in [9.17, 15) is 4.79 Å². The van der Waals surface area contributed by atoms with E-state index < -0.39 is 5.97 Å². The Kier molecular flexibility index (Phi) is 5.19. The molecule has 1 saturated carbocycles. The number of hydrogen-bond acceptors (Lipinski definition) is 3. The Morgan fingerprint density at radius 1 is 1.04 bits per heavy atom. The van der Waals surface area contributed by atoms with Gasteiger partial charge in [-0.1, -0.05) is 38.3 Å². The van der Waals surface area contributed by atoms with Gasteiger partial charge < -0.3 is 4.74 Å². The minimum absolute atomic E-state index is 0.286. The molecule has 2 aromatic carbocycles. The molecule has 0 N–H and O–H groups in total. The van der Waals surface area contributed by atoms with E-state index in [1.54, 1.807) is 24.3 Å². The Morgan fingerprint density at radius 3 is 2.24 bits per heavy atom. The molecule has 0 saturated heterocycles. The predicted molar refractivity (Wildman–Crippen MR) is 97.6 cm³/mol. The van der Waals surface area contributed by atoms with Crippen LogP contribution in [-0.2, 0) is 5.41 Å². The largest absolute Gasteiger partial charge is 0.423 e. The van der Waals surface area contributed by atoms with Crippen molar-refractivity contribution in [1.82, 2.24) is 0 Å². The number of carbonyl (C=O) groups is 1. The van der Waals surface area contributed by atoms with Gasteiger partial charge >= 0.3 is 5.97 Å². The molecule has 0 spiro atoms. The van der Waals surface area contributed by atoms with E-state index in [1.807, 2.05) is 18.2 Å². The van der Waals surface area contributed by atoms with E-state index in [1.165, 1.54) is 37.7 Å². The highest BCUT2D eigenvalue weighted by Gasteiger charge is 2.31. The molecule has 128 valence electrons. The number of nitriles is 1. The molecule has 0 heterocycles. The van der Waals surface area contributed by atoms with Crippen molar-refractivity contribution in [3.05, 3.63) is 65.2 Å². The van der Waals surface area contributed by atoms with Crippen LogP contribution in [0, 0.1) is 11.3 Å². The molecule has 0 radical (unpaired) electrons. The summed E-state index contributed by atoms with van der Waals surface area (Å²) < 4.78 is 5.46. The first-order valence-electron chi connectivity index (χ1n) is 9.00. The van der Waals surface area contributed by atoms with Gasteiger partial charge in [-0.3, -0.25) is 0 Å². The van der Waals surface area contributed by atoms with Crippen LogP contribution in [0.25, 0.3) is 0 Å². The number of nitrogens with zero attached hydrogens (tertiary/aromatic N) is 1. The third kappa shape index (κ3) is 3.74. The summed E-state index contributed by atoms with van der Waals surface area (Å²) in [6.07, 6.45) is 7.56. The molecule has 3 rings (SSSR count). The molecule has 3 heteroatoms. The summed E-state index contributed by atoms with van der Waals surface area (Å²) in [7, 11) is 0. The van der Waals surface area contributed by atoms with E-state index in [0.717, 1.165) is 6.42 Å². The van der Waals surface area contributed by atoms with E-state index in [4.69, 9.17) is 10.00 Å². The average molecular weight is 333 g/mol. The molecule has 3 nitrogen and oxygen atoms in total. The molecule has 1 aliphatic rings. The molecule has 25 heavy (non-hydrogen) atoms. The van der Waals surface area contributed by atoms with Crippen LogP contribution >= 0.6 is 0 Å². The number of hydrogen-bond donors (Lipinski definition) is 0. The van der Waals surface area contributed by atoms with Gasteiger partial charge in [-0.25, -0.2) is 4.79 Å². The van der Waals surface area contributed by atoms with Crippen molar-refractivity contribution in [2.75, 3.05) is 0 Å². The van der Waals surface area contributed by atoms with Gasteiger partial charge in [0.2, 0.25) is 0 Å². The van der Waals surface area contributed by atoms with Gasteiger partial charge in [0.25, 0.3) is 0 Å².